The third kappa shape index (κ3) is 4.36. The molecule has 1 N–H and O–H groups in total. The number of rotatable bonds is 6. The number of aliphatic imine (C=N–C) groups is 1. The first-order chi connectivity index (χ1) is 17.7. The Balaban J connectivity index is 1.92. The molecule has 5 aliphatic rings. The van der Waals surface area contributed by atoms with Gasteiger partial charge in [-0.2, -0.15) is 13.2 Å². The Hall–Kier alpha value is -3.02. The Bertz CT molecular complexity index is 1150. The lowest BCUT2D eigenvalue weighted by Gasteiger charge is -2.63. The zero-order chi connectivity index (χ0) is 28.3. The van der Waals surface area contributed by atoms with Crippen LogP contribution in [0.5, 0.6) is 0 Å². The molecule has 1 heterocycles. The molecule has 9 nitrogen and oxygen atoms in total. The standard InChI is InChI=1S/C26H30F3NO8/c1-6-37-23(34)21-19(26(27,28)29)17-14-10-7-8-11(16(22(33)36-5)13(10)12(32)9-31)15(14)18(17)20(30-21)24(35)38-25(2,3)4/h7-8,10-11,13-16,18,21,31H,6,9H2,1-5H3. The van der Waals surface area contributed by atoms with Gasteiger partial charge in [-0.1, -0.05) is 12.2 Å². The molecule has 0 saturated heterocycles. The lowest BCUT2D eigenvalue weighted by atomic mass is 9.39. The van der Waals surface area contributed by atoms with Crippen molar-refractivity contribution in [3.63, 3.8) is 0 Å². The summed E-state index contributed by atoms with van der Waals surface area (Å²) in [5.74, 6) is -10.3. The van der Waals surface area contributed by atoms with E-state index >= 15 is 0 Å². The zero-order valence-corrected chi connectivity index (χ0v) is 21.6. The van der Waals surface area contributed by atoms with Crippen molar-refractivity contribution in [3.05, 3.63) is 23.3 Å². The lowest BCUT2D eigenvalue weighted by Crippen LogP contribution is -2.66. The van der Waals surface area contributed by atoms with E-state index in [1.165, 1.54) is 6.92 Å². The number of esters is 3. The number of carbonyl (C=O) groups is 4. The van der Waals surface area contributed by atoms with Crippen LogP contribution in [0.15, 0.2) is 28.3 Å². The number of alkyl halides is 3. The molecule has 2 fully saturated rings. The van der Waals surface area contributed by atoms with Gasteiger partial charge >= 0.3 is 24.1 Å². The Morgan fingerprint density at radius 3 is 2.18 bits per heavy atom. The number of ketones is 1. The predicted molar refractivity (Wildman–Crippen MR) is 124 cm³/mol. The number of nitrogens with zero attached hydrogens (tertiary/aromatic N) is 1. The fourth-order valence-corrected chi connectivity index (χ4v) is 6.62. The van der Waals surface area contributed by atoms with Crippen LogP contribution < -0.4 is 0 Å². The highest BCUT2D eigenvalue weighted by molar-refractivity contribution is 6.39. The smallest absolute Gasteiger partial charge is 0.415 e. The Morgan fingerprint density at radius 1 is 1.03 bits per heavy atom. The molecule has 0 aromatic heterocycles. The number of halogens is 3. The molecule has 0 amide bonds. The van der Waals surface area contributed by atoms with Crippen LogP contribution >= 0.6 is 0 Å². The molecule has 38 heavy (non-hydrogen) atoms. The average molecular weight is 542 g/mol. The van der Waals surface area contributed by atoms with Crippen molar-refractivity contribution in [1.82, 2.24) is 0 Å². The molecule has 8 unspecified atom stereocenters. The molecule has 0 aromatic rings. The fourth-order valence-electron chi connectivity index (χ4n) is 6.62. The Morgan fingerprint density at radius 2 is 1.66 bits per heavy atom. The molecule has 0 spiro atoms. The summed E-state index contributed by atoms with van der Waals surface area (Å²) in [4.78, 5) is 55.6. The summed E-state index contributed by atoms with van der Waals surface area (Å²) in [5.41, 5.74) is -2.80. The number of fused-ring (bicyclic) bond motifs is 2. The van der Waals surface area contributed by atoms with Crippen LogP contribution in [0, 0.1) is 41.4 Å². The van der Waals surface area contributed by atoms with E-state index in [1.54, 1.807) is 32.9 Å². The second-order valence-electron chi connectivity index (χ2n) is 10.9. The van der Waals surface area contributed by atoms with Crippen LogP contribution in [0.25, 0.3) is 0 Å². The molecule has 208 valence electrons. The summed E-state index contributed by atoms with van der Waals surface area (Å²) >= 11 is 0. The summed E-state index contributed by atoms with van der Waals surface area (Å²) < 4.78 is 59.0. The molecule has 2 bridgehead atoms. The van der Waals surface area contributed by atoms with Gasteiger partial charge in [-0.3, -0.25) is 14.6 Å². The van der Waals surface area contributed by atoms with Crippen LogP contribution in [0.3, 0.4) is 0 Å². The first kappa shape index (κ1) is 28.0. The van der Waals surface area contributed by atoms with Crippen molar-refractivity contribution >= 4 is 29.4 Å². The molecule has 5 rings (SSSR count). The van der Waals surface area contributed by atoms with Crippen LogP contribution in [0.4, 0.5) is 13.2 Å². The first-order valence-electron chi connectivity index (χ1n) is 12.4. The largest absolute Gasteiger partial charge is 0.469 e. The Labute approximate surface area is 217 Å². The second kappa shape index (κ2) is 9.62. The van der Waals surface area contributed by atoms with Crippen LogP contribution in [-0.4, -0.2) is 72.7 Å². The van der Waals surface area contributed by atoms with Crippen molar-refractivity contribution in [2.75, 3.05) is 20.3 Å². The number of aliphatic hydroxyl groups is 1. The third-order valence-corrected chi connectivity index (χ3v) is 7.70. The number of hydrogen-bond acceptors (Lipinski definition) is 9. The fraction of sp³-hybridized carbons (Fsp3) is 0.654. The van der Waals surface area contributed by atoms with Gasteiger partial charge in [0, 0.05) is 11.8 Å². The molecule has 0 radical (unpaired) electrons. The summed E-state index contributed by atoms with van der Waals surface area (Å²) in [6, 6.07) is -2.14. The van der Waals surface area contributed by atoms with Crippen molar-refractivity contribution < 1.29 is 51.7 Å². The minimum atomic E-state index is -5.00. The zero-order valence-electron chi connectivity index (χ0n) is 21.6. The number of aliphatic hydroxyl groups excluding tert-OH is 1. The SMILES string of the molecule is CCOC(=O)C1N=C(C(=O)OC(C)(C)C)C2C(=C1C(F)(F)F)C1C3C=CC(C(C(=O)OC)C3C(=O)CO)C21. The maximum atomic E-state index is 14.6. The number of dihydropyridines is 1. The van der Waals surface area contributed by atoms with E-state index in [2.05, 4.69) is 4.99 Å². The van der Waals surface area contributed by atoms with Gasteiger partial charge in [0.05, 0.1) is 25.2 Å². The molecule has 4 aliphatic carbocycles. The van der Waals surface area contributed by atoms with E-state index in [9.17, 15) is 37.5 Å². The summed E-state index contributed by atoms with van der Waals surface area (Å²) in [7, 11) is 1.14. The van der Waals surface area contributed by atoms with E-state index in [0.29, 0.717) is 0 Å². The number of ether oxygens (including phenoxy) is 3. The third-order valence-electron chi connectivity index (χ3n) is 7.70. The van der Waals surface area contributed by atoms with Crippen molar-refractivity contribution in [2.24, 2.45) is 46.4 Å². The van der Waals surface area contributed by atoms with Crippen molar-refractivity contribution in [1.29, 1.82) is 0 Å². The van der Waals surface area contributed by atoms with Crippen molar-refractivity contribution in [2.45, 2.75) is 45.5 Å². The number of allylic oxidation sites excluding steroid dienone is 3. The van der Waals surface area contributed by atoms with Gasteiger partial charge in [0.2, 0.25) is 0 Å². The predicted octanol–water partition coefficient (Wildman–Crippen LogP) is 2.22. The van der Waals surface area contributed by atoms with Gasteiger partial charge in [0.25, 0.3) is 0 Å². The minimum absolute atomic E-state index is 0.204. The number of methoxy groups -OCH3 is 1. The number of hydrogen-bond donors (Lipinski definition) is 1. The van der Waals surface area contributed by atoms with E-state index in [1.807, 2.05) is 0 Å². The molecule has 2 saturated carbocycles. The lowest BCUT2D eigenvalue weighted by molar-refractivity contribution is -0.165. The van der Waals surface area contributed by atoms with E-state index in [0.717, 1.165) is 7.11 Å². The average Bonchev–Trinajstić information content (AvgIpc) is 2.82. The van der Waals surface area contributed by atoms with Gasteiger partial charge in [0.1, 0.15) is 17.9 Å². The Kier molecular flexibility index (Phi) is 7.09. The van der Waals surface area contributed by atoms with Gasteiger partial charge < -0.3 is 19.3 Å². The quantitative estimate of drug-likeness (QED) is 0.308. The summed E-state index contributed by atoms with van der Waals surface area (Å²) in [6.07, 6.45) is -1.76. The van der Waals surface area contributed by atoms with Crippen LogP contribution in [0.1, 0.15) is 27.7 Å². The first-order valence-corrected chi connectivity index (χ1v) is 12.4. The highest BCUT2D eigenvalue weighted by Gasteiger charge is 2.69. The molecular weight excluding hydrogens is 511 g/mol. The van der Waals surface area contributed by atoms with E-state index < -0.39 is 95.1 Å². The topological polar surface area (TPSA) is 129 Å². The molecule has 12 heteroatoms. The maximum absolute atomic E-state index is 14.6. The molecular formula is C26H30F3NO8. The number of Topliss-reactive ketones (excluding diaryl/α,β-unsaturated/α-hetero) is 1. The highest BCUT2D eigenvalue weighted by atomic mass is 19.4. The van der Waals surface area contributed by atoms with Crippen LogP contribution in [0.2, 0.25) is 0 Å². The maximum Gasteiger partial charge on any atom is 0.415 e. The van der Waals surface area contributed by atoms with Gasteiger partial charge in [-0.05, 0) is 56.9 Å². The monoisotopic (exact) mass is 541 g/mol. The molecule has 1 aliphatic heterocycles. The highest BCUT2D eigenvalue weighted by Crippen LogP contribution is 2.67. The summed E-state index contributed by atoms with van der Waals surface area (Å²) in [6.45, 7) is 5.08. The van der Waals surface area contributed by atoms with Gasteiger partial charge in [-0.25, -0.2) is 9.59 Å². The van der Waals surface area contributed by atoms with Gasteiger partial charge in [-0.15, -0.1) is 0 Å². The van der Waals surface area contributed by atoms with Crippen LogP contribution in [-0.2, 0) is 33.4 Å². The van der Waals surface area contributed by atoms with E-state index in [-0.39, 0.29) is 17.9 Å². The molecule has 8 atom stereocenters. The normalized spacial score (nSPS) is 33.4. The minimum Gasteiger partial charge on any atom is -0.469 e. The van der Waals surface area contributed by atoms with E-state index in [4.69, 9.17) is 14.2 Å². The summed E-state index contributed by atoms with van der Waals surface area (Å²) in [5, 5.41) is 9.61. The van der Waals surface area contributed by atoms with Gasteiger partial charge in [0.15, 0.2) is 11.8 Å². The molecule has 0 aromatic carbocycles. The van der Waals surface area contributed by atoms with Crippen molar-refractivity contribution in [3.8, 4) is 0 Å². The number of carbonyl (C=O) groups excluding carboxylic acids is 4. The second-order valence-corrected chi connectivity index (χ2v) is 10.9.